The number of aromatic nitrogens is 4. The molecule has 1 aliphatic heterocycles. The molecule has 7 heteroatoms. The lowest BCUT2D eigenvalue weighted by Crippen LogP contribution is -2.46. The number of piperazine rings is 1. The van der Waals surface area contributed by atoms with E-state index in [0.717, 1.165) is 49.4 Å². The monoisotopic (exact) mass is 354 g/mol. The number of nitrogens with zero attached hydrogens (tertiary/aromatic N) is 6. The quantitative estimate of drug-likeness (QED) is 0.721. The number of anilines is 1. The summed E-state index contributed by atoms with van der Waals surface area (Å²) in [4.78, 5) is 13.5. The fourth-order valence-corrected chi connectivity index (χ4v) is 3.15. The largest absolute Gasteiger partial charge is 0.354 e. The van der Waals surface area contributed by atoms with Gasteiger partial charge in [0.2, 0.25) is 0 Å². The average Bonchev–Trinajstić information content (AvgIpc) is 3.19. The summed E-state index contributed by atoms with van der Waals surface area (Å²) < 4.78 is 1.75. The van der Waals surface area contributed by atoms with Gasteiger partial charge < -0.3 is 4.90 Å². The molecule has 2 aromatic heterocycles. The molecule has 3 aromatic rings. The highest BCUT2D eigenvalue weighted by molar-refractivity contribution is 6.30. The Labute approximate surface area is 151 Å². The van der Waals surface area contributed by atoms with Crippen LogP contribution < -0.4 is 4.90 Å². The first-order chi connectivity index (χ1) is 12.3. The van der Waals surface area contributed by atoms with E-state index in [1.54, 1.807) is 17.2 Å². The molecule has 0 atom stereocenters. The van der Waals surface area contributed by atoms with Gasteiger partial charge in [-0.15, -0.1) is 0 Å². The minimum Gasteiger partial charge on any atom is -0.354 e. The van der Waals surface area contributed by atoms with E-state index in [-0.39, 0.29) is 0 Å². The zero-order valence-corrected chi connectivity index (χ0v) is 14.5. The number of hydrogen-bond donors (Lipinski definition) is 0. The highest BCUT2D eigenvalue weighted by Crippen LogP contribution is 2.17. The molecule has 0 saturated carbocycles. The van der Waals surface area contributed by atoms with E-state index >= 15 is 0 Å². The van der Waals surface area contributed by atoms with Crippen LogP contribution in [0, 0.1) is 0 Å². The molecule has 0 unspecified atom stereocenters. The molecule has 1 aliphatic rings. The normalized spacial score (nSPS) is 15.5. The second-order valence-electron chi connectivity index (χ2n) is 6.07. The van der Waals surface area contributed by atoms with Gasteiger partial charge in [0.1, 0.15) is 12.1 Å². The van der Waals surface area contributed by atoms with Crippen LogP contribution in [-0.4, -0.2) is 50.8 Å². The van der Waals surface area contributed by atoms with Crippen LogP contribution in [0.4, 0.5) is 5.82 Å². The maximum Gasteiger partial charge on any atom is 0.158 e. The van der Waals surface area contributed by atoms with Crippen LogP contribution in [0.1, 0.15) is 5.56 Å². The lowest BCUT2D eigenvalue weighted by atomic mass is 10.2. The standard InChI is InChI=1S/C18H19ClN6/c19-16-4-2-15(3-5-16)13-23-8-10-24(11-9-23)17-12-18(21-14-20-17)25-7-1-6-22-25/h1-7,12,14H,8-11,13H2. The molecule has 0 N–H and O–H groups in total. The topological polar surface area (TPSA) is 50.1 Å². The Morgan fingerprint density at radius 2 is 1.72 bits per heavy atom. The van der Waals surface area contributed by atoms with Crippen molar-refractivity contribution in [2.75, 3.05) is 31.1 Å². The third-order valence-corrected chi connectivity index (χ3v) is 4.65. The molecule has 1 aromatic carbocycles. The van der Waals surface area contributed by atoms with E-state index in [4.69, 9.17) is 11.6 Å². The van der Waals surface area contributed by atoms with Crippen molar-refractivity contribution in [1.29, 1.82) is 0 Å². The van der Waals surface area contributed by atoms with E-state index in [0.29, 0.717) is 0 Å². The lowest BCUT2D eigenvalue weighted by molar-refractivity contribution is 0.249. The van der Waals surface area contributed by atoms with Crippen molar-refractivity contribution in [2.45, 2.75) is 6.54 Å². The maximum atomic E-state index is 5.95. The van der Waals surface area contributed by atoms with Gasteiger partial charge in [-0.1, -0.05) is 23.7 Å². The zero-order valence-electron chi connectivity index (χ0n) is 13.8. The van der Waals surface area contributed by atoms with Gasteiger partial charge >= 0.3 is 0 Å². The van der Waals surface area contributed by atoms with Gasteiger partial charge in [-0.25, -0.2) is 14.6 Å². The molecule has 25 heavy (non-hydrogen) atoms. The number of hydrogen-bond acceptors (Lipinski definition) is 5. The fraction of sp³-hybridized carbons (Fsp3) is 0.278. The molecule has 3 heterocycles. The Hall–Kier alpha value is -2.44. The minimum absolute atomic E-state index is 0.783. The van der Waals surface area contributed by atoms with Crippen LogP contribution in [0.3, 0.4) is 0 Å². The van der Waals surface area contributed by atoms with Crippen LogP contribution in [0.2, 0.25) is 5.02 Å². The third kappa shape index (κ3) is 3.81. The number of rotatable bonds is 4. The van der Waals surface area contributed by atoms with Crippen molar-refractivity contribution in [3.8, 4) is 5.82 Å². The van der Waals surface area contributed by atoms with Crippen LogP contribution >= 0.6 is 11.6 Å². The number of benzene rings is 1. The summed E-state index contributed by atoms with van der Waals surface area (Å²) in [5.74, 6) is 1.74. The maximum absolute atomic E-state index is 5.95. The highest BCUT2D eigenvalue weighted by atomic mass is 35.5. The second-order valence-corrected chi connectivity index (χ2v) is 6.51. The fourth-order valence-electron chi connectivity index (χ4n) is 3.02. The molecule has 4 rings (SSSR count). The first kappa shape index (κ1) is 16.1. The lowest BCUT2D eigenvalue weighted by Gasteiger charge is -2.35. The van der Waals surface area contributed by atoms with Crippen molar-refractivity contribution in [3.05, 3.63) is 65.7 Å². The Balaban J connectivity index is 1.38. The van der Waals surface area contributed by atoms with Gasteiger partial charge in [0, 0.05) is 56.2 Å². The van der Waals surface area contributed by atoms with Crippen LogP contribution in [-0.2, 0) is 6.54 Å². The molecule has 128 valence electrons. The smallest absolute Gasteiger partial charge is 0.158 e. The first-order valence-corrected chi connectivity index (χ1v) is 8.69. The highest BCUT2D eigenvalue weighted by Gasteiger charge is 2.18. The van der Waals surface area contributed by atoms with Crippen molar-refractivity contribution in [2.24, 2.45) is 0 Å². The predicted octanol–water partition coefficient (Wildman–Crippen LogP) is 2.64. The molecule has 6 nitrogen and oxygen atoms in total. The van der Waals surface area contributed by atoms with E-state index in [1.165, 1.54) is 5.56 Å². The van der Waals surface area contributed by atoms with E-state index in [9.17, 15) is 0 Å². The summed E-state index contributed by atoms with van der Waals surface area (Å²) in [6.45, 7) is 4.85. The summed E-state index contributed by atoms with van der Waals surface area (Å²) in [6, 6.07) is 12.0. The third-order valence-electron chi connectivity index (χ3n) is 4.39. The first-order valence-electron chi connectivity index (χ1n) is 8.32. The summed E-state index contributed by atoms with van der Waals surface area (Å²) in [5.41, 5.74) is 1.29. The molecule has 0 aliphatic carbocycles. The van der Waals surface area contributed by atoms with Crippen molar-refractivity contribution in [3.63, 3.8) is 0 Å². The molecule has 0 radical (unpaired) electrons. The SMILES string of the molecule is Clc1ccc(CN2CCN(c3cc(-n4cccn4)ncn3)CC2)cc1. The Morgan fingerprint density at radius 3 is 2.44 bits per heavy atom. The average molecular weight is 355 g/mol. The van der Waals surface area contributed by atoms with Gasteiger partial charge in [-0.05, 0) is 23.8 Å². The van der Waals surface area contributed by atoms with Crippen LogP contribution in [0.5, 0.6) is 0 Å². The molecular formula is C18H19ClN6. The molecule has 0 bridgehead atoms. The Morgan fingerprint density at radius 1 is 0.960 bits per heavy atom. The predicted molar refractivity (Wildman–Crippen MR) is 98.1 cm³/mol. The van der Waals surface area contributed by atoms with Gasteiger partial charge in [0.05, 0.1) is 0 Å². The van der Waals surface area contributed by atoms with Gasteiger partial charge in [0.25, 0.3) is 0 Å². The van der Waals surface area contributed by atoms with Gasteiger partial charge in [0.15, 0.2) is 5.82 Å². The summed E-state index contributed by atoms with van der Waals surface area (Å²) in [5, 5.41) is 5.01. The zero-order chi connectivity index (χ0) is 17.1. The van der Waals surface area contributed by atoms with E-state index in [1.807, 2.05) is 30.5 Å². The van der Waals surface area contributed by atoms with Crippen molar-refractivity contribution < 1.29 is 0 Å². The Bertz CT molecular complexity index is 810. The van der Waals surface area contributed by atoms with Crippen molar-refractivity contribution in [1.82, 2.24) is 24.6 Å². The van der Waals surface area contributed by atoms with Gasteiger partial charge in [-0.2, -0.15) is 5.10 Å². The van der Waals surface area contributed by atoms with E-state index < -0.39 is 0 Å². The van der Waals surface area contributed by atoms with E-state index in [2.05, 4.69) is 37.0 Å². The molecular weight excluding hydrogens is 336 g/mol. The minimum atomic E-state index is 0.783. The molecule has 1 fully saturated rings. The summed E-state index contributed by atoms with van der Waals surface area (Å²) in [7, 11) is 0. The summed E-state index contributed by atoms with van der Waals surface area (Å²) in [6.07, 6.45) is 5.24. The molecule has 1 saturated heterocycles. The van der Waals surface area contributed by atoms with Crippen molar-refractivity contribution >= 4 is 17.4 Å². The Kier molecular flexibility index (Phi) is 4.63. The van der Waals surface area contributed by atoms with Gasteiger partial charge in [-0.3, -0.25) is 4.90 Å². The second kappa shape index (κ2) is 7.21. The summed E-state index contributed by atoms with van der Waals surface area (Å²) >= 11 is 5.95. The van der Waals surface area contributed by atoms with Crippen LogP contribution in [0.15, 0.2) is 55.1 Å². The number of halogens is 1. The molecule has 0 amide bonds. The molecule has 0 spiro atoms. The van der Waals surface area contributed by atoms with Crippen LogP contribution in [0.25, 0.3) is 5.82 Å².